The van der Waals surface area contributed by atoms with Crippen LogP contribution in [0.15, 0.2) is 109 Å². The van der Waals surface area contributed by atoms with Gasteiger partial charge in [-0.2, -0.15) is 0 Å². The summed E-state index contributed by atoms with van der Waals surface area (Å²) in [7, 11) is 0. The highest BCUT2D eigenvalue weighted by Gasteiger charge is 2.38. The predicted octanol–water partition coefficient (Wildman–Crippen LogP) is 10.9. The lowest BCUT2D eigenvalue weighted by Gasteiger charge is -2.29. The summed E-state index contributed by atoms with van der Waals surface area (Å²) in [4.78, 5) is 2.43. The van der Waals surface area contributed by atoms with Crippen molar-refractivity contribution in [2.24, 2.45) is 0 Å². The van der Waals surface area contributed by atoms with Crippen molar-refractivity contribution in [1.82, 2.24) is 0 Å². The molecule has 5 aromatic carbocycles. The van der Waals surface area contributed by atoms with E-state index in [-0.39, 0.29) is 10.8 Å². The van der Waals surface area contributed by atoms with Crippen LogP contribution in [0.5, 0.6) is 0 Å². The molecule has 0 aliphatic heterocycles. The first kappa shape index (κ1) is 24.9. The van der Waals surface area contributed by atoms with Gasteiger partial charge in [-0.15, -0.1) is 0 Å². The molecule has 0 aromatic heterocycles. The maximum Gasteiger partial charge on any atom is 0.0465 e. The maximum absolute atomic E-state index is 2.44. The lowest BCUT2D eigenvalue weighted by molar-refractivity contribution is 0.658. The van der Waals surface area contributed by atoms with Gasteiger partial charge >= 0.3 is 0 Å². The van der Waals surface area contributed by atoms with E-state index < -0.39 is 0 Å². The van der Waals surface area contributed by atoms with Gasteiger partial charge in [0.1, 0.15) is 0 Å². The largest absolute Gasteiger partial charge is 0.310 e. The van der Waals surface area contributed by atoms with Crippen molar-refractivity contribution in [3.63, 3.8) is 0 Å². The molecule has 0 saturated heterocycles. The number of hydrogen-bond acceptors (Lipinski definition) is 1. The fourth-order valence-corrected chi connectivity index (χ4v) is 7.10. The molecule has 40 heavy (non-hydrogen) atoms. The van der Waals surface area contributed by atoms with Crippen LogP contribution in [0.2, 0.25) is 0 Å². The van der Waals surface area contributed by atoms with E-state index in [1.54, 1.807) is 0 Å². The van der Waals surface area contributed by atoms with Gasteiger partial charge < -0.3 is 4.90 Å². The Morgan fingerprint density at radius 3 is 1.52 bits per heavy atom. The summed E-state index contributed by atoms with van der Waals surface area (Å²) >= 11 is 0. The minimum absolute atomic E-state index is 0.0417. The molecule has 0 unspecified atom stereocenters. The zero-order chi connectivity index (χ0) is 27.8. The molecule has 7 rings (SSSR count). The number of nitrogens with zero attached hydrogens (tertiary/aromatic N) is 1. The number of fused-ring (bicyclic) bond motifs is 6. The van der Waals surface area contributed by atoms with E-state index in [1.807, 2.05) is 0 Å². The second kappa shape index (κ2) is 8.70. The van der Waals surface area contributed by atoms with E-state index in [0.717, 1.165) is 0 Å². The summed E-state index contributed by atoms with van der Waals surface area (Å²) in [6, 6.07) is 40.9. The van der Waals surface area contributed by atoms with E-state index in [0.29, 0.717) is 5.92 Å². The van der Waals surface area contributed by atoms with Crippen LogP contribution in [0.3, 0.4) is 0 Å². The standard InChI is InChI=1S/C39H37N/c1-25(2)26-16-19-31-33-21-18-29(24-37(33)39(5,6)35(31)22-26)40(27-12-8-7-9-13-27)28-17-20-32-30-14-10-11-15-34(30)38(3,4)36(32)23-28/h7-25H,1-6H3. The Bertz CT molecular complexity index is 1770. The van der Waals surface area contributed by atoms with Crippen molar-refractivity contribution in [2.75, 3.05) is 4.90 Å². The molecular weight excluding hydrogens is 482 g/mol. The Kier molecular flexibility index (Phi) is 5.42. The zero-order valence-corrected chi connectivity index (χ0v) is 24.4. The Labute approximate surface area is 239 Å². The fourth-order valence-electron chi connectivity index (χ4n) is 7.10. The van der Waals surface area contributed by atoms with Gasteiger partial charge in [-0.05, 0) is 92.4 Å². The van der Waals surface area contributed by atoms with Crippen molar-refractivity contribution in [3.05, 3.63) is 137 Å². The average Bonchev–Trinajstić information content (AvgIpc) is 3.33. The van der Waals surface area contributed by atoms with Crippen molar-refractivity contribution in [3.8, 4) is 22.3 Å². The number of hydrogen-bond donors (Lipinski definition) is 0. The minimum Gasteiger partial charge on any atom is -0.310 e. The lowest BCUT2D eigenvalue weighted by Crippen LogP contribution is -2.18. The molecule has 1 heteroatoms. The van der Waals surface area contributed by atoms with E-state index in [2.05, 4.69) is 156 Å². The molecule has 2 aliphatic carbocycles. The van der Waals surface area contributed by atoms with Crippen molar-refractivity contribution in [2.45, 2.75) is 58.3 Å². The highest BCUT2D eigenvalue weighted by molar-refractivity contribution is 5.88. The molecule has 0 saturated carbocycles. The topological polar surface area (TPSA) is 3.24 Å². The molecule has 1 nitrogen and oxygen atoms in total. The number of anilines is 3. The van der Waals surface area contributed by atoms with E-state index in [9.17, 15) is 0 Å². The monoisotopic (exact) mass is 519 g/mol. The van der Waals surface area contributed by atoms with Crippen LogP contribution in [-0.2, 0) is 10.8 Å². The summed E-state index contributed by atoms with van der Waals surface area (Å²) in [5.74, 6) is 0.518. The van der Waals surface area contributed by atoms with Crippen molar-refractivity contribution in [1.29, 1.82) is 0 Å². The third kappa shape index (κ3) is 3.53. The van der Waals surface area contributed by atoms with Gasteiger partial charge in [-0.1, -0.05) is 114 Å². The van der Waals surface area contributed by atoms with Crippen molar-refractivity contribution < 1.29 is 0 Å². The summed E-state index contributed by atoms with van der Waals surface area (Å²) in [6.45, 7) is 14.0. The maximum atomic E-state index is 2.44. The lowest BCUT2D eigenvalue weighted by atomic mass is 9.81. The van der Waals surface area contributed by atoms with Crippen LogP contribution in [0.1, 0.15) is 75.3 Å². The number of benzene rings is 5. The molecule has 0 atom stereocenters. The Hall–Kier alpha value is -4.10. The molecule has 0 N–H and O–H groups in total. The molecule has 2 aliphatic rings. The first-order valence-corrected chi connectivity index (χ1v) is 14.6. The predicted molar refractivity (Wildman–Crippen MR) is 170 cm³/mol. The Morgan fingerprint density at radius 1 is 0.450 bits per heavy atom. The average molecular weight is 520 g/mol. The van der Waals surface area contributed by atoms with Crippen LogP contribution in [0.4, 0.5) is 17.1 Å². The summed E-state index contributed by atoms with van der Waals surface area (Å²) < 4.78 is 0. The minimum atomic E-state index is -0.0600. The smallest absolute Gasteiger partial charge is 0.0465 e. The first-order chi connectivity index (χ1) is 19.2. The second-order valence-electron chi connectivity index (χ2n) is 12.9. The van der Waals surface area contributed by atoms with Crippen LogP contribution in [0.25, 0.3) is 22.3 Å². The molecule has 0 amide bonds. The molecule has 198 valence electrons. The second-order valence-corrected chi connectivity index (χ2v) is 12.9. The third-order valence-electron chi connectivity index (χ3n) is 9.45. The van der Waals surface area contributed by atoms with E-state index >= 15 is 0 Å². The summed E-state index contributed by atoms with van der Waals surface area (Å²) in [6.07, 6.45) is 0. The number of para-hydroxylation sites is 1. The highest BCUT2D eigenvalue weighted by atomic mass is 15.1. The summed E-state index contributed by atoms with van der Waals surface area (Å²) in [5, 5.41) is 0. The third-order valence-corrected chi connectivity index (χ3v) is 9.45. The fraction of sp³-hybridized carbons (Fsp3) is 0.231. The van der Waals surface area contributed by atoms with Gasteiger partial charge in [0.2, 0.25) is 0 Å². The van der Waals surface area contributed by atoms with Gasteiger partial charge in [0, 0.05) is 27.9 Å². The molecule has 0 spiro atoms. The van der Waals surface area contributed by atoms with Gasteiger partial charge in [0.05, 0.1) is 0 Å². The van der Waals surface area contributed by atoms with Gasteiger partial charge in [-0.25, -0.2) is 0 Å². The molecule has 0 heterocycles. The van der Waals surface area contributed by atoms with Crippen LogP contribution in [-0.4, -0.2) is 0 Å². The zero-order valence-electron chi connectivity index (χ0n) is 24.4. The SMILES string of the molecule is CC(C)c1ccc2c(c1)C(C)(C)c1cc(N(c3ccccc3)c3ccc4c(c3)C(C)(C)c3ccccc3-4)ccc1-2. The Balaban J connectivity index is 1.39. The molecule has 0 fully saturated rings. The Morgan fingerprint density at radius 2 is 0.925 bits per heavy atom. The quantitative estimate of drug-likeness (QED) is 0.228. The molecule has 5 aromatic rings. The summed E-state index contributed by atoms with van der Waals surface area (Å²) in [5.41, 5.74) is 16.0. The van der Waals surface area contributed by atoms with Crippen molar-refractivity contribution >= 4 is 17.1 Å². The molecule has 0 bridgehead atoms. The highest BCUT2D eigenvalue weighted by Crippen LogP contribution is 2.53. The molecule has 0 radical (unpaired) electrons. The van der Waals surface area contributed by atoms with E-state index in [1.165, 1.54) is 67.1 Å². The van der Waals surface area contributed by atoms with Gasteiger partial charge in [0.15, 0.2) is 0 Å². The van der Waals surface area contributed by atoms with Crippen LogP contribution >= 0.6 is 0 Å². The molecular formula is C39H37N. The van der Waals surface area contributed by atoms with Gasteiger partial charge in [0.25, 0.3) is 0 Å². The van der Waals surface area contributed by atoms with E-state index in [4.69, 9.17) is 0 Å². The van der Waals surface area contributed by atoms with Gasteiger partial charge in [-0.3, -0.25) is 0 Å². The van der Waals surface area contributed by atoms with Crippen LogP contribution < -0.4 is 4.90 Å². The normalized spacial score (nSPS) is 15.4. The number of rotatable bonds is 4. The first-order valence-electron chi connectivity index (χ1n) is 14.6. The van der Waals surface area contributed by atoms with Crippen LogP contribution in [0, 0.1) is 0 Å².